The highest BCUT2D eigenvalue weighted by atomic mass is 79.9. The topological polar surface area (TPSA) is 96.0 Å². The van der Waals surface area contributed by atoms with Crippen LogP contribution in [0.25, 0.3) is 0 Å². The second-order valence-corrected chi connectivity index (χ2v) is 13.9. The van der Waals surface area contributed by atoms with Gasteiger partial charge in [-0.15, -0.1) is 0 Å². The van der Waals surface area contributed by atoms with Crippen molar-refractivity contribution < 1.29 is 27.1 Å². The van der Waals surface area contributed by atoms with Crippen molar-refractivity contribution in [2.75, 3.05) is 24.5 Å². The van der Waals surface area contributed by atoms with Gasteiger partial charge in [-0.2, -0.15) is 0 Å². The Kier molecular flexibility index (Phi) is 12.6. The largest absolute Gasteiger partial charge is 0.496 e. The van der Waals surface area contributed by atoms with Crippen molar-refractivity contribution >= 4 is 43.5 Å². The Bertz CT molecular complexity index is 1750. The third kappa shape index (κ3) is 9.42. The maximum atomic E-state index is 14.5. The smallest absolute Gasteiger partial charge is 0.264 e. The zero-order valence-corrected chi connectivity index (χ0v) is 29.1. The lowest BCUT2D eigenvalue weighted by atomic mass is 10.0. The van der Waals surface area contributed by atoms with E-state index in [1.807, 2.05) is 44.2 Å². The predicted octanol–water partition coefficient (Wildman–Crippen LogP) is 6.66. The lowest BCUT2D eigenvalue weighted by Gasteiger charge is -2.34. The number of benzene rings is 4. The fourth-order valence-electron chi connectivity index (χ4n) is 5.02. The first-order valence-corrected chi connectivity index (χ1v) is 17.5. The molecule has 0 aliphatic rings. The Morgan fingerprint density at radius 3 is 2.23 bits per heavy atom. The minimum Gasteiger partial charge on any atom is -0.496 e. The quantitative estimate of drug-likeness (QED) is 0.139. The summed E-state index contributed by atoms with van der Waals surface area (Å²) in [5, 5.41) is 2.96. The van der Waals surface area contributed by atoms with E-state index in [0.29, 0.717) is 22.3 Å². The number of carbonyl (C=O) groups is 2. The second-order valence-electron chi connectivity index (χ2n) is 11.1. The van der Waals surface area contributed by atoms with Crippen LogP contribution in [-0.2, 0) is 32.6 Å². The number of nitrogens with one attached hydrogen (secondary N) is 1. The number of aryl methyl sites for hydroxylation is 1. The number of hydrogen-bond donors (Lipinski definition) is 1. The highest BCUT2D eigenvalue weighted by Crippen LogP contribution is 2.31. The molecule has 0 saturated carbocycles. The maximum absolute atomic E-state index is 14.5. The number of amides is 2. The van der Waals surface area contributed by atoms with Gasteiger partial charge in [0.25, 0.3) is 10.0 Å². The van der Waals surface area contributed by atoms with Crippen LogP contribution in [0.4, 0.5) is 10.1 Å². The first-order chi connectivity index (χ1) is 22.5. The fraction of sp³-hybridized carbons (Fsp3) is 0.278. The van der Waals surface area contributed by atoms with Gasteiger partial charge in [0.15, 0.2) is 0 Å². The minimum atomic E-state index is -4.29. The third-order valence-electron chi connectivity index (χ3n) is 7.68. The maximum Gasteiger partial charge on any atom is 0.264 e. The molecule has 248 valence electrons. The normalized spacial score (nSPS) is 11.9. The van der Waals surface area contributed by atoms with Gasteiger partial charge in [0.2, 0.25) is 11.8 Å². The van der Waals surface area contributed by atoms with Gasteiger partial charge >= 0.3 is 0 Å². The van der Waals surface area contributed by atoms with Crippen LogP contribution in [0.3, 0.4) is 0 Å². The number of hydrogen-bond acceptors (Lipinski definition) is 5. The summed E-state index contributed by atoms with van der Waals surface area (Å²) in [4.78, 5) is 29.7. The molecule has 11 heteroatoms. The Morgan fingerprint density at radius 1 is 0.936 bits per heavy atom. The molecular formula is C36H39BrFN3O5S. The zero-order chi connectivity index (χ0) is 34.0. The van der Waals surface area contributed by atoms with Crippen LogP contribution in [0.2, 0.25) is 0 Å². The van der Waals surface area contributed by atoms with Crippen molar-refractivity contribution in [1.29, 1.82) is 0 Å². The molecule has 47 heavy (non-hydrogen) atoms. The number of ether oxygens (including phenoxy) is 1. The number of sulfonamides is 1. The standard InChI is InChI=1S/C36H39BrFN3O5S/c1-4-5-21-39-36(43)33(22-27-9-7-6-8-10-27)40(24-28-13-15-29(38)16-14-28)35(42)25-41(30-17-11-26(2)12-18-30)47(44,45)31-19-20-34(46-3)32(37)23-31/h6-20,23,33H,4-5,21-22,24-25H2,1-3H3,(H,39,43). The average Bonchev–Trinajstić information content (AvgIpc) is 3.07. The summed E-state index contributed by atoms with van der Waals surface area (Å²) in [6.07, 6.45) is 1.81. The Morgan fingerprint density at radius 2 is 1.62 bits per heavy atom. The van der Waals surface area contributed by atoms with Crippen LogP contribution in [0.1, 0.15) is 36.5 Å². The van der Waals surface area contributed by atoms with E-state index in [1.165, 1.54) is 42.3 Å². The molecule has 0 aliphatic heterocycles. The molecule has 8 nitrogen and oxygen atoms in total. The van der Waals surface area contributed by atoms with Crippen molar-refractivity contribution in [1.82, 2.24) is 10.2 Å². The van der Waals surface area contributed by atoms with Crippen molar-refractivity contribution in [2.24, 2.45) is 0 Å². The van der Waals surface area contributed by atoms with Crippen LogP contribution < -0.4 is 14.4 Å². The number of unbranched alkanes of at least 4 members (excludes halogenated alkanes) is 1. The first-order valence-electron chi connectivity index (χ1n) is 15.3. The number of nitrogens with zero attached hydrogens (tertiary/aromatic N) is 2. The molecule has 0 bridgehead atoms. The van der Waals surface area contributed by atoms with Crippen LogP contribution >= 0.6 is 15.9 Å². The molecule has 0 radical (unpaired) electrons. The highest BCUT2D eigenvalue weighted by Gasteiger charge is 2.34. The molecule has 4 rings (SSSR count). The summed E-state index contributed by atoms with van der Waals surface area (Å²) in [6, 6.07) is 25.2. The molecule has 1 atom stereocenters. The monoisotopic (exact) mass is 723 g/mol. The van der Waals surface area contributed by atoms with E-state index in [1.54, 1.807) is 36.4 Å². The summed E-state index contributed by atoms with van der Waals surface area (Å²) >= 11 is 3.37. The van der Waals surface area contributed by atoms with Crippen molar-refractivity contribution in [3.05, 3.63) is 124 Å². The van der Waals surface area contributed by atoms with Crippen molar-refractivity contribution in [3.8, 4) is 5.75 Å². The SMILES string of the molecule is CCCCNC(=O)C(Cc1ccccc1)N(Cc1ccc(F)cc1)C(=O)CN(c1ccc(C)cc1)S(=O)(=O)c1ccc(OC)c(Br)c1. The molecular weight excluding hydrogens is 685 g/mol. The zero-order valence-electron chi connectivity index (χ0n) is 26.7. The van der Waals surface area contributed by atoms with Crippen LogP contribution in [0.15, 0.2) is 106 Å². The fourth-order valence-corrected chi connectivity index (χ4v) is 7.15. The Labute approximate surface area is 284 Å². The van der Waals surface area contributed by atoms with Gasteiger partial charge in [-0.05, 0) is 82.9 Å². The van der Waals surface area contributed by atoms with E-state index in [0.717, 1.165) is 28.3 Å². The van der Waals surface area contributed by atoms with Crippen LogP contribution in [0, 0.1) is 12.7 Å². The van der Waals surface area contributed by atoms with Gasteiger partial charge in [0.1, 0.15) is 24.2 Å². The summed E-state index contributed by atoms with van der Waals surface area (Å²) in [7, 11) is -2.82. The molecule has 1 N–H and O–H groups in total. The molecule has 0 aliphatic carbocycles. The summed E-state index contributed by atoms with van der Waals surface area (Å²) in [5.41, 5.74) is 2.60. The summed E-state index contributed by atoms with van der Waals surface area (Å²) in [5.74, 6) is -0.948. The third-order valence-corrected chi connectivity index (χ3v) is 10.1. The number of rotatable bonds is 15. The number of anilines is 1. The highest BCUT2D eigenvalue weighted by molar-refractivity contribution is 9.10. The molecule has 0 saturated heterocycles. The van der Waals surface area contributed by atoms with Gasteiger partial charge < -0.3 is 15.0 Å². The number of carbonyl (C=O) groups excluding carboxylic acids is 2. The van der Waals surface area contributed by atoms with E-state index in [4.69, 9.17) is 4.74 Å². The average molecular weight is 725 g/mol. The van der Waals surface area contributed by atoms with Gasteiger partial charge in [-0.25, -0.2) is 12.8 Å². The molecule has 0 heterocycles. The number of halogens is 2. The molecule has 0 fully saturated rings. The van der Waals surface area contributed by atoms with Gasteiger partial charge in [-0.3, -0.25) is 13.9 Å². The van der Waals surface area contributed by atoms with Gasteiger partial charge in [0, 0.05) is 19.5 Å². The Hall–Kier alpha value is -4.22. The minimum absolute atomic E-state index is 0.0479. The van der Waals surface area contributed by atoms with Gasteiger partial charge in [-0.1, -0.05) is 73.5 Å². The summed E-state index contributed by atoms with van der Waals surface area (Å²) < 4.78 is 49.2. The van der Waals surface area contributed by atoms with E-state index >= 15 is 0 Å². The molecule has 0 spiro atoms. The Balaban J connectivity index is 1.79. The predicted molar refractivity (Wildman–Crippen MR) is 185 cm³/mol. The van der Waals surface area contributed by atoms with Crippen LogP contribution in [0.5, 0.6) is 5.75 Å². The van der Waals surface area contributed by atoms with E-state index in [9.17, 15) is 22.4 Å². The lowest BCUT2D eigenvalue weighted by Crippen LogP contribution is -2.53. The molecule has 2 amide bonds. The van der Waals surface area contributed by atoms with E-state index in [-0.39, 0.29) is 29.5 Å². The van der Waals surface area contributed by atoms with E-state index in [2.05, 4.69) is 21.2 Å². The van der Waals surface area contributed by atoms with Crippen molar-refractivity contribution in [2.45, 2.75) is 50.6 Å². The molecule has 0 aromatic heterocycles. The van der Waals surface area contributed by atoms with Crippen LogP contribution in [-0.4, -0.2) is 51.4 Å². The first kappa shape index (κ1) is 35.6. The van der Waals surface area contributed by atoms with E-state index < -0.39 is 34.3 Å². The van der Waals surface area contributed by atoms with Crippen molar-refractivity contribution in [3.63, 3.8) is 0 Å². The molecule has 4 aromatic carbocycles. The molecule has 4 aromatic rings. The summed E-state index contributed by atoms with van der Waals surface area (Å²) in [6.45, 7) is 3.68. The number of methoxy groups -OCH3 is 1. The lowest BCUT2D eigenvalue weighted by molar-refractivity contribution is -0.140. The molecule has 1 unspecified atom stereocenters. The second kappa shape index (κ2) is 16.6. The van der Waals surface area contributed by atoms with Gasteiger partial charge in [0.05, 0.1) is 22.2 Å².